The molecule has 0 N–H and O–H groups in total. The average Bonchev–Trinajstić information content (AvgIpc) is 3.61. The van der Waals surface area contributed by atoms with Crippen molar-refractivity contribution < 1.29 is 0 Å². The fourth-order valence-corrected chi connectivity index (χ4v) is 10.8. The molecule has 0 atom stereocenters. The zero-order chi connectivity index (χ0) is 38.7. The van der Waals surface area contributed by atoms with Crippen molar-refractivity contribution in [2.24, 2.45) is 0 Å². The second-order valence-corrected chi connectivity index (χ2v) is 17.9. The van der Waals surface area contributed by atoms with Gasteiger partial charge < -0.3 is 4.90 Å². The minimum Gasteiger partial charge on any atom is -0.310 e. The highest BCUT2D eigenvalue weighted by Gasteiger charge is 2.41. The molecule has 0 spiro atoms. The van der Waals surface area contributed by atoms with E-state index in [1.807, 2.05) is 0 Å². The van der Waals surface area contributed by atoms with Crippen molar-refractivity contribution in [1.82, 2.24) is 0 Å². The van der Waals surface area contributed by atoms with Gasteiger partial charge in [-0.3, -0.25) is 0 Å². The fourth-order valence-electron chi connectivity index (χ4n) is 10.8. The Bertz CT molecular complexity index is 2580. The Labute approximate surface area is 340 Å². The third-order valence-corrected chi connectivity index (χ3v) is 13.8. The SMILES string of the molecule is CC1(C)c2cc(N(c3ccc(-c4ccccc4)cc3)c3ccc(C4CCCCCCC4)cc3)ccc2-c2c(-c3cccc4c3C(C)(C)c3ccccc3-4)cccc21. The zero-order valence-electron chi connectivity index (χ0n) is 34.0. The topological polar surface area (TPSA) is 3.24 Å². The number of hydrogen-bond acceptors (Lipinski definition) is 1. The van der Waals surface area contributed by atoms with Crippen molar-refractivity contribution in [3.63, 3.8) is 0 Å². The lowest BCUT2D eigenvalue weighted by Gasteiger charge is -2.29. The second kappa shape index (κ2) is 14.1. The molecule has 0 aromatic heterocycles. The van der Waals surface area contributed by atoms with Gasteiger partial charge in [-0.2, -0.15) is 0 Å². The van der Waals surface area contributed by atoms with Gasteiger partial charge in [-0.25, -0.2) is 0 Å². The first-order valence-corrected chi connectivity index (χ1v) is 21.4. The Hall–Kier alpha value is -5.66. The summed E-state index contributed by atoms with van der Waals surface area (Å²) in [5.41, 5.74) is 21.1. The Morgan fingerprint density at radius 2 is 0.947 bits per heavy atom. The lowest BCUT2D eigenvalue weighted by atomic mass is 9.77. The molecule has 282 valence electrons. The smallest absolute Gasteiger partial charge is 0.0465 e. The van der Waals surface area contributed by atoms with E-state index in [-0.39, 0.29) is 10.8 Å². The van der Waals surface area contributed by atoms with E-state index in [0.29, 0.717) is 5.92 Å². The van der Waals surface area contributed by atoms with E-state index in [1.165, 1.54) is 134 Å². The van der Waals surface area contributed by atoms with Crippen LogP contribution in [0.4, 0.5) is 17.1 Å². The lowest BCUT2D eigenvalue weighted by molar-refractivity contribution is 0.455. The van der Waals surface area contributed by atoms with E-state index in [2.05, 4.69) is 190 Å². The van der Waals surface area contributed by atoms with Crippen LogP contribution in [0.15, 0.2) is 158 Å². The second-order valence-electron chi connectivity index (χ2n) is 17.9. The Balaban J connectivity index is 1.08. The molecule has 7 aromatic rings. The maximum Gasteiger partial charge on any atom is 0.0465 e. The fraction of sp³-hybridized carbons (Fsp3) is 0.250. The number of benzene rings is 7. The molecule has 1 nitrogen and oxygen atoms in total. The predicted molar refractivity (Wildman–Crippen MR) is 242 cm³/mol. The molecule has 0 saturated heterocycles. The van der Waals surface area contributed by atoms with Crippen LogP contribution >= 0.6 is 0 Å². The number of rotatable bonds is 6. The van der Waals surface area contributed by atoms with Crippen LogP contribution in [0.25, 0.3) is 44.5 Å². The molecule has 10 rings (SSSR count). The summed E-state index contributed by atoms with van der Waals surface area (Å²) >= 11 is 0. The molecular weight excluding hydrogens is 687 g/mol. The van der Waals surface area contributed by atoms with Crippen molar-refractivity contribution in [3.8, 4) is 44.5 Å². The minimum atomic E-state index is -0.169. The van der Waals surface area contributed by atoms with Crippen LogP contribution in [-0.4, -0.2) is 0 Å². The van der Waals surface area contributed by atoms with Crippen molar-refractivity contribution >= 4 is 17.1 Å². The van der Waals surface area contributed by atoms with Crippen LogP contribution < -0.4 is 4.90 Å². The Morgan fingerprint density at radius 3 is 1.68 bits per heavy atom. The van der Waals surface area contributed by atoms with Crippen molar-refractivity contribution in [2.75, 3.05) is 4.90 Å². The summed E-state index contributed by atoms with van der Waals surface area (Å²) in [6.45, 7) is 9.64. The third kappa shape index (κ3) is 5.97. The highest BCUT2D eigenvalue weighted by Crippen LogP contribution is 2.57. The van der Waals surface area contributed by atoms with Gasteiger partial charge in [0, 0.05) is 27.9 Å². The third-order valence-electron chi connectivity index (χ3n) is 13.8. The summed E-state index contributed by atoms with van der Waals surface area (Å²) in [4.78, 5) is 2.47. The number of fused-ring (bicyclic) bond motifs is 6. The van der Waals surface area contributed by atoms with E-state index in [9.17, 15) is 0 Å². The van der Waals surface area contributed by atoms with Crippen molar-refractivity contribution in [1.29, 1.82) is 0 Å². The van der Waals surface area contributed by atoms with E-state index in [0.717, 1.165) is 0 Å². The molecule has 0 radical (unpaired) electrons. The summed E-state index contributed by atoms with van der Waals surface area (Å²) in [5.74, 6) is 0.664. The van der Waals surface area contributed by atoms with Crippen LogP contribution in [-0.2, 0) is 10.8 Å². The highest BCUT2D eigenvalue weighted by molar-refractivity contribution is 5.98. The van der Waals surface area contributed by atoms with E-state index in [4.69, 9.17) is 0 Å². The van der Waals surface area contributed by atoms with Crippen molar-refractivity contribution in [3.05, 3.63) is 186 Å². The molecule has 0 aliphatic heterocycles. The lowest BCUT2D eigenvalue weighted by Crippen LogP contribution is -2.17. The summed E-state index contributed by atoms with van der Waals surface area (Å²) in [6, 6.07) is 59.7. The maximum atomic E-state index is 2.49. The quantitative estimate of drug-likeness (QED) is 0.164. The summed E-state index contributed by atoms with van der Waals surface area (Å²) < 4.78 is 0. The number of hydrogen-bond donors (Lipinski definition) is 0. The zero-order valence-corrected chi connectivity index (χ0v) is 34.0. The van der Waals surface area contributed by atoms with Crippen LogP contribution in [0.3, 0.4) is 0 Å². The molecule has 1 fully saturated rings. The van der Waals surface area contributed by atoms with Gasteiger partial charge in [-0.1, -0.05) is 181 Å². The average molecular weight is 740 g/mol. The molecule has 0 heterocycles. The van der Waals surface area contributed by atoms with Gasteiger partial charge in [0.15, 0.2) is 0 Å². The minimum absolute atomic E-state index is 0.0896. The molecule has 0 amide bonds. The summed E-state index contributed by atoms with van der Waals surface area (Å²) in [7, 11) is 0. The highest BCUT2D eigenvalue weighted by atomic mass is 15.1. The molecule has 7 aromatic carbocycles. The number of nitrogens with zero attached hydrogens (tertiary/aromatic N) is 1. The Morgan fingerprint density at radius 1 is 0.404 bits per heavy atom. The van der Waals surface area contributed by atoms with Gasteiger partial charge in [-0.05, 0) is 127 Å². The van der Waals surface area contributed by atoms with Crippen LogP contribution in [0.1, 0.15) is 106 Å². The molecular formula is C56H53N. The predicted octanol–water partition coefficient (Wildman–Crippen LogP) is 15.9. The first kappa shape index (κ1) is 35.7. The molecule has 0 bridgehead atoms. The maximum absolute atomic E-state index is 2.49. The van der Waals surface area contributed by atoms with Gasteiger partial charge in [0.2, 0.25) is 0 Å². The van der Waals surface area contributed by atoms with Gasteiger partial charge in [0.05, 0.1) is 0 Å². The molecule has 3 aliphatic carbocycles. The molecule has 57 heavy (non-hydrogen) atoms. The van der Waals surface area contributed by atoms with E-state index >= 15 is 0 Å². The first-order chi connectivity index (χ1) is 27.8. The molecule has 1 heteroatoms. The summed E-state index contributed by atoms with van der Waals surface area (Å²) in [5, 5.41) is 0. The van der Waals surface area contributed by atoms with Crippen LogP contribution in [0.5, 0.6) is 0 Å². The largest absolute Gasteiger partial charge is 0.310 e. The van der Waals surface area contributed by atoms with E-state index < -0.39 is 0 Å². The van der Waals surface area contributed by atoms with Gasteiger partial charge >= 0.3 is 0 Å². The monoisotopic (exact) mass is 739 g/mol. The van der Waals surface area contributed by atoms with Crippen molar-refractivity contribution in [2.45, 2.75) is 89.4 Å². The normalized spacial score (nSPS) is 16.5. The Kier molecular flexibility index (Phi) is 8.82. The molecule has 3 aliphatic rings. The van der Waals surface area contributed by atoms with Crippen LogP contribution in [0, 0.1) is 0 Å². The summed E-state index contributed by atoms with van der Waals surface area (Å²) in [6.07, 6.45) is 9.46. The van der Waals surface area contributed by atoms with E-state index in [1.54, 1.807) is 0 Å². The molecule has 0 unspecified atom stereocenters. The van der Waals surface area contributed by atoms with Crippen LogP contribution in [0.2, 0.25) is 0 Å². The molecule has 1 saturated carbocycles. The van der Waals surface area contributed by atoms with Gasteiger partial charge in [0.1, 0.15) is 0 Å². The number of anilines is 3. The first-order valence-electron chi connectivity index (χ1n) is 21.4. The standard InChI is InChI=1S/C56H53N/c1-55(2)51-26-16-22-46(48-24-15-23-47-45-21-13-14-25-50(45)56(3,4)54(47)48)53(51)49-36-35-44(37-52(49)55)57(43-33-29-41(30-34-43)39-19-11-8-12-20-39)42-31-27-40(28-32-42)38-17-9-6-5-7-10-18-38/h8,11-16,19-38H,5-7,9-10,17-18H2,1-4H3. The van der Waals surface area contributed by atoms with Gasteiger partial charge in [0.25, 0.3) is 0 Å². The van der Waals surface area contributed by atoms with Gasteiger partial charge in [-0.15, -0.1) is 0 Å².